The monoisotopic (exact) mass is 420 g/mol. The van der Waals surface area contributed by atoms with E-state index in [1.54, 1.807) is 47.6 Å². The van der Waals surface area contributed by atoms with Gasteiger partial charge in [0.25, 0.3) is 5.91 Å². The fraction of sp³-hybridized carbons (Fsp3) is 0.130. The van der Waals surface area contributed by atoms with Gasteiger partial charge in [-0.05, 0) is 60.2 Å². The standard InChI is InChI=1S/C23H20N2O4S/c26-23(19-6-8-22(9-7-19)29-21-4-2-1-3-5-21)25(16-18-10-13-24-14-11-18)20-12-15-30(27,28)17-20/h1-15,20H,16-17H2. The third-order valence-electron chi connectivity index (χ3n) is 4.75. The Labute approximate surface area is 175 Å². The maximum Gasteiger partial charge on any atom is 0.254 e. The average molecular weight is 420 g/mol. The van der Waals surface area contributed by atoms with Gasteiger partial charge >= 0.3 is 0 Å². The Hall–Kier alpha value is -3.45. The Bertz CT molecular complexity index is 1140. The van der Waals surface area contributed by atoms with Crippen LogP contribution in [0.2, 0.25) is 0 Å². The molecule has 0 fully saturated rings. The minimum absolute atomic E-state index is 0.112. The maximum atomic E-state index is 13.3. The van der Waals surface area contributed by atoms with Gasteiger partial charge in [0, 0.05) is 29.9 Å². The van der Waals surface area contributed by atoms with Crippen LogP contribution in [0.3, 0.4) is 0 Å². The Balaban J connectivity index is 1.55. The lowest BCUT2D eigenvalue weighted by atomic mass is 10.1. The van der Waals surface area contributed by atoms with Gasteiger partial charge in [0.2, 0.25) is 0 Å². The molecule has 0 N–H and O–H groups in total. The number of nitrogens with zero attached hydrogens (tertiary/aromatic N) is 2. The van der Waals surface area contributed by atoms with E-state index in [-0.39, 0.29) is 18.2 Å². The third kappa shape index (κ3) is 4.75. The van der Waals surface area contributed by atoms with Gasteiger partial charge in [0.05, 0.1) is 11.8 Å². The van der Waals surface area contributed by atoms with Crippen LogP contribution in [0.1, 0.15) is 15.9 Å². The van der Waals surface area contributed by atoms with Gasteiger partial charge in [-0.1, -0.05) is 18.2 Å². The highest BCUT2D eigenvalue weighted by Gasteiger charge is 2.31. The number of pyridine rings is 1. The van der Waals surface area contributed by atoms with Gasteiger partial charge in [-0.25, -0.2) is 8.42 Å². The van der Waals surface area contributed by atoms with Crippen molar-refractivity contribution in [1.29, 1.82) is 0 Å². The first-order chi connectivity index (χ1) is 14.5. The van der Waals surface area contributed by atoms with Gasteiger partial charge in [0.1, 0.15) is 11.5 Å². The molecule has 1 aliphatic heterocycles. The summed E-state index contributed by atoms with van der Waals surface area (Å²) < 4.78 is 29.6. The zero-order valence-electron chi connectivity index (χ0n) is 16.1. The number of ether oxygens (including phenoxy) is 1. The van der Waals surface area contributed by atoms with Gasteiger partial charge < -0.3 is 9.64 Å². The van der Waals surface area contributed by atoms with E-state index in [4.69, 9.17) is 4.74 Å². The van der Waals surface area contributed by atoms with Crippen LogP contribution in [-0.2, 0) is 16.4 Å². The highest BCUT2D eigenvalue weighted by molar-refractivity contribution is 7.94. The fourth-order valence-electron chi connectivity index (χ4n) is 3.23. The molecule has 0 saturated heterocycles. The molecule has 4 rings (SSSR count). The quantitative estimate of drug-likeness (QED) is 0.606. The summed E-state index contributed by atoms with van der Waals surface area (Å²) in [6.07, 6.45) is 4.87. The average Bonchev–Trinajstić information content (AvgIpc) is 3.13. The van der Waals surface area contributed by atoms with Crippen molar-refractivity contribution in [3.8, 4) is 11.5 Å². The summed E-state index contributed by atoms with van der Waals surface area (Å²) in [5.41, 5.74) is 1.34. The first-order valence-corrected chi connectivity index (χ1v) is 11.2. The lowest BCUT2D eigenvalue weighted by Crippen LogP contribution is -2.40. The number of rotatable bonds is 6. The SMILES string of the molecule is O=C(c1ccc(Oc2ccccc2)cc1)N(Cc1ccncc1)C1C=CS(=O)(=O)C1. The second-order valence-corrected chi connectivity index (χ2v) is 8.88. The number of amides is 1. The highest BCUT2D eigenvalue weighted by atomic mass is 32.2. The van der Waals surface area contributed by atoms with Crippen molar-refractivity contribution in [2.45, 2.75) is 12.6 Å². The van der Waals surface area contributed by atoms with Gasteiger partial charge in [-0.3, -0.25) is 9.78 Å². The van der Waals surface area contributed by atoms with Crippen LogP contribution in [0.15, 0.2) is 90.6 Å². The molecule has 3 aromatic rings. The van der Waals surface area contributed by atoms with E-state index >= 15 is 0 Å². The van der Waals surface area contributed by atoms with Crippen molar-refractivity contribution in [2.24, 2.45) is 0 Å². The second-order valence-electron chi connectivity index (χ2n) is 6.95. The van der Waals surface area contributed by atoms with Crippen LogP contribution < -0.4 is 4.74 Å². The summed E-state index contributed by atoms with van der Waals surface area (Å²) in [6, 6.07) is 19.3. The van der Waals surface area contributed by atoms with Gasteiger partial charge in [0.15, 0.2) is 9.84 Å². The maximum absolute atomic E-state index is 13.3. The van der Waals surface area contributed by atoms with Crippen molar-refractivity contribution in [3.05, 3.63) is 102 Å². The third-order valence-corrected chi connectivity index (χ3v) is 6.13. The first kappa shape index (κ1) is 19.8. The minimum atomic E-state index is -3.30. The molecule has 1 aromatic heterocycles. The van der Waals surface area contributed by atoms with E-state index in [0.29, 0.717) is 17.1 Å². The molecule has 2 heterocycles. The highest BCUT2D eigenvalue weighted by Crippen LogP contribution is 2.24. The molecule has 0 radical (unpaired) electrons. The second kappa shape index (κ2) is 8.51. The predicted molar refractivity (Wildman–Crippen MR) is 114 cm³/mol. The molecule has 30 heavy (non-hydrogen) atoms. The summed E-state index contributed by atoms with van der Waals surface area (Å²) >= 11 is 0. The lowest BCUT2D eigenvalue weighted by Gasteiger charge is -2.28. The van der Waals surface area contributed by atoms with Crippen LogP contribution in [0.5, 0.6) is 11.5 Å². The van der Waals surface area contributed by atoms with Crippen molar-refractivity contribution in [1.82, 2.24) is 9.88 Å². The van der Waals surface area contributed by atoms with Gasteiger partial charge in [-0.2, -0.15) is 0 Å². The molecule has 2 aromatic carbocycles. The van der Waals surface area contributed by atoms with E-state index in [1.165, 1.54) is 5.41 Å². The molecule has 1 unspecified atom stereocenters. The molecule has 1 amide bonds. The Kier molecular flexibility index (Phi) is 5.63. The summed E-state index contributed by atoms with van der Waals surface area (Å²) in [4.78, 5) is 18.8. The molecular formula is C23H20N2O4S. The number of carbonyl (C=O) groups excluding carboxylic acids is 1. The van der Waals surface area contributed by atoms with Crippen molar-refractivity contribution < 1.29 is 17.9 Å². The van der Waals surface area contributed by atoms with E-state index in [2.05, 4.69) is 4.98 Å². The normalized spacial score (nSPS) is 16.9. The predicted octanol–water partition coefficient (Wildman–Crippen LogP) is 3.83. The molecule has 0 spiro atoms. The largest absolute Gasteiger partial charge is 0.457 e. The topological polar surface area (TPSA) is 76.6 Å². The molecule has 7 heteroatoms. The number of hydrogen-bond donors (Lipinski definition) is 0. The van der Waals surface area contributed by atoms with E-state index < -0.39 is 15.9 Å². The minimum Gasteiger partial charge on any atom is -0.457 e. The number of sulfone groups is 1. The molecule has 1 atom stereocenters. The molecular weight excluding hydrogens is 400 g/mol. The zero-order chi connectivity index (χ0) is 21.0. The molecule has 6 nitrogen and oxygen atoms in total. The van der Waals surface area contributed by atoms with E-state index in [0.717, 1.165) is 5.56 Å². The number of hydrogen-bond acceptors (Lipinski definition) is 5. The number of benzene rings is 2. The van der Waals surface area contributed by atoms with Crippen LogP contribution >= 0.6 is 0 Å². The Morgan fingerprint density at radius 1 is 0.967 bits per heavy atom. The Morgan fingerprint density at radius 2 is 1.63 bits per heavy atom. The van der Waals surface area contributed by atoms with Crippen LogP contribution in [0, 0.1) is 0 Å². The molecule has 0 saturated carbocycles. The molecule has 1 aliphatic rings. The summed E-state index contributed by atoms with van der Waals surface area (Å²) in [7, 11) is -3.30. The Morgan fingerprint density at radius 3 is 2.27 bits per heavy atom. The van der Waals surface area contributed by atoms with Gasteiger partial charge in [-0.15, -0.1) is 0 Å². The number of carbonyl (C=O) groups is 1. The smallest absolute Gasteiger partial charge is 0.254 e. The fourth-order valence-corrected chi connectivity index (χ4v) is 4.53. The van der Waals surface area contributed by atoms with Crippen molar-refractivity contribution in [2.75, 3.05) is 5.75 Å². The molecule has 0 bridgehead atoms. The number of aromatic nitrogens is 1. The summed E-state index contributed by atoms with van der Waals surface area (Å²) in [5, 5.41) is 1.18. The van der Waals surface area contributed by atoms with Crippen molar-refractivity contribution in [3.63, 3.8) is 0 Å². The van der Waals surface area contributed by atoms with E-state index in [1.807, 2.05) is 42.5 Å². The number of para-hydroxylation sites is 1. The first-order valence-electron chi connectivity index (χ1n) is 9.44. The summed E-state index contributed by atoms with van der Waals surface area (Å²) in [6.45, 7) is 0.286. The van der Waals surface area contributed by atoms with Crippen LogP contribution in [0.25, 0.3) is 0 Å². The van der Waals surface area contributed by atoms with E-state index in [9.17, 15) is 13.2 Å². The molecule has 152 valence electrons. The van der Waals surface area contributed by atoms with Crippen LogP contribution in [0.4, 0.5) is 0 Å². The van der Waals surface area contributed by atoms with Crippen LogP contribution in [-0.4, -0.2) is 36.0 Å². The van der Waals surface area contributed by atoms with Crippen molar-refractivity contribution >= 4 is 15.7 Å². The molecule has 0 aliphatic carbocycles. The lowest BCUT2D eigenvalue weighted by molar-refractivity contribution is 0.0713. The zero-order valence-corrected chi connectivity index (χ0v) is 16.9. The summed E-state index contributed by atoms with van der Waals surface area (Å²) in [5.74, 6) is 0.961.